The molecular weight excluding hydrogens is 364 g/mol. The first kappa shape index (κ1) is 20.1. The molecule has 28 heavy (non-hydrogen) atoms. The summed E-state index contributed by atoms with van der Waals surface area (Å²) < 4.78 is 11.8. The normalized spacial score (nSPS) is 24.3. The Balaban J connectivity index is 1.80. The van der Waals surface area contributed by atoms with E-state index in [0.717, 1.165) is 6.42 Å². The van der Waals surface area contributed by atoms with Gasteiger partial charge in [0.25, 0.3) is 5.91 Å². The van der Waals surface area contributed by atoms with Gasteiger partial charge >= 0.3 is 5.97 Å². The molecule has 1 fully saturated rings. The van der Waals surface area contributed by atoms with Crippen LogP contribution in [0.2, 0.25) is 0 Å². The molecule has 3 atom stereocenters. The Bertz CT molecular complexity index is 765. The lowest BCUT2D eigenvalue weighted by Crippen LogP contribution is -2.53. The van der Waals surface area contributed by atoms with Crippen LogP contribution >= 0.6 is 0 Å². The van der Waals surface area contributed by atoms with Gasteiger partial charge < -0.3 is 24.8 Å². The molecule has 1 saturated heterocycles. The van der Waals surface area contributed by atoms with Gasteiger partial charge in [0, 0.05) is 19.2 Å². The third kappa shape index (κ3) is 4.44. The van der Waals surface area contributed by atoms with E-state index in [1.54, 1.807) is 30.1 Å². The van der Waals surface area contributed by atoms with Crippen molar-refractivity contribution in [3.63, 3.8) is 0 Å². The smallest absolute Gasteiger partial charge is 0.305 e. The van der Waals surface area contributed by atoms with E-state index in [0.29, 0.717) is 36.3 Å². The zero-order valence-corrected chi connectivity index (χ0v) is 16.1. The molecule has 2 aliphatic rings. The summed E-state index contributed by atoms with van der Waals surface area (Å²) in [7, 11) is 1.72. The van der Waals surface area contributed by atoms with Crippen LogP contribution in [0.5, 0.6) is 5.75 Å². The molecule has 0 saturated carbocycles. The van der Waals surface area contributed by atoms with Crippen molar-refractivity contribution in [3.8, 4) is 5.75 Å². The van der Waals surface area contributed by atoms with Crippen molar-refractivity contribution < 1.29 is 29.0 Å². The van der Waals surface area contributed by atoms with E-state index in [2.05, 4.69) is 5.32 Å². The Morgan fingerprint density at radius 1 is 1.32 bits per heavy atom. The predicted octanol–water partition coefficient (Wildman–Crippen LogP) is 2.28. The van der Waals surface area contributed by atoms with Crippen LogP contribution in [0.4, 0.5) is 5.69 Å². The zero-order chi connectivity index (χ0) is 20.3. The predicted molar refractivity (Wildman–Crippen MR) is 102 cm³/mol. The number of ether oxygens (including phenoxy) is 2. The van der Waals surface area contributed by atoms with E-state index < -0.39 is 5.97 Å². The van der Waals surface area contributed by atoms with Crippen LogP contribution in [0.1, 0.15) is 49.4 Å². The Labute approximate surface area is 163 Å². The maximum absolute atomic E-state index is 13.1. The molecule has 0 bridgehead atoms. The molecule has 0 aliphatic carbocycles. The Hall–Kier alpha value is -2.61. The average molecular weight is 390 g/mol. The largest absolute Gasteiger partial charge is 0.490 e. The first-order chi connectivity index (χ1) is 13.4. The lowest BCUT2D eigenvalue weighted by atomic mass is 9.94. The van der Waals surface area contributed by atoms with E-state index in [1.807, 2.05) is 6.92 Å². The standard InChI is InChI=1S/C20H26N2O6/c1-3-4-18(23)21-12-5-8-16-14(9-12)20(26)22(2)15-7-6-13(10-19(24)25)28-17(15)11-27-16/h5,8-9,13,15,17H,3-4,6-7,10-11H2,1-2H3,(H,21,23)(H,24,25)/t13-,15+,17-/m0/s1. The van der Waals surface area contributed by atoms with E-state index in [4.69, 9.17) is 14.6 Å². The number of carboxylic acids is 1. The fraction of sp³-hybridized carbons (Fsp3) is 0.550. The highest BCUT2D eigenvalue weighted by Gasteiger charge is 2.39. The molecule has 0 spiro atoms. The Morgan fingerprint density at radius 3 is 2.82 bits per heavy atom. The van der Waals surface area contributed by atoms with Crippen molar-refractivity contribution in [3.05, 3.63) is 23.8 Å². The van der Waals surface area contributed by atoms with Gasteiger partial charge in [0.2, 0.25) is 5.91 Å². The molecule has 3 rings (SSSR count). The summed E-state index contributed by atoms with van der Waals surface area (Å²) in [6.45, 7) is 2.16. The topological polar surface area (TPSA) is 105 Å². The number of likely N-dealkylation sites (N-methyl/N-ethyl adjacent to an activating group) is 1. The number of rotatable bonds is 5. The van der Waals surface area contributed by atoms with Crippen LogP contribution in [-0.2, 0) is 14.3 Å². The second-order valence-corrected chi connectivity index (χ2v) is 7.28. The summed E-state index contributed by atoms with van der Waals surface area (Å²) in [5, 5.41) is 11.8. The van der Waals surface area contributed by atoms with Crippen molar-refractivity contribution in [2.75, 3.05) is 19.0 Å². The fourth-order valence-corrected chi connectivity index (χ4v) is 3.75. The van der Waals surface area contributed by atoms with Crippen LogP contribution in [0.25, 0.3) is 0 Å². The molecule has 8 heteroatoms. The quantitative estimate of drug-likeness (QED) is 0.799. The Kier molecular flexibility index (Phi) is 6.18. The molecule has 0 unspecified atom stereocenters. The van der Waals surface area contributed by atoms with Gasteiger partial charge in [-0.05, 0) is 37.5 Å². The number of amides is 2. The molecule has 0 radical (unpaired) electrons. The van der Waals surface area contributed by atoms with Crippen LogP contribution < -0.4 is 10.1 Å². The first-order valence-corrected chi connectivity index (χ1v) is 9.60. The lowest BCUT2D eigenvalue weighted by Gasteiger charge is -2.42. The highest BCUT2D eigenvalue weighted by Crippen LogP contribution is 2.32. The van der Waals surface area contributed by atoms with Gasteiger partial charge in [0.15, 0.2) is 0 Å². The van der Waals surface area contributed by atoms with E-state index in [9.17, 15) is 14.4 Å². The second-order valence-electron chi connectivity index (χ2n) is 7.28. The number of hydrogen-bond donors (Lipinski definition) is 2. The molecule has 2 N–H and O–H groups in total. The van der Waals surface area contributed by atoms with E-state index in [1.165, 1.54) is 0 Å². The van der Waals surface area contributed by atoms with Gasteiger partial charge in [-0.1, -0.05) is 6.92 Å². The Morgan fingerprint density at radius 2 is 2.11 bits per heavy atom. The number of carboxylic acid groups (broad SMARTS) is 1. The van der Waals surface area contributed by atoms with Crippen LogP contribution in [0.15, 0.2) is 18.2 Å². The molecule has 8 nitrogen and oxygen atoms in total. The SMILES string of the molecule is CCCC(=O)Nc1ccc2c(c1)C(=O)N(C)[C@@H]1CC[C@@H](CC(=O)O)O[C@H]1CO2. The number of carbonyl (C=O) groups excluding carboxylic acids is 2. The highest BCUT2D eigenvalue weighted by atomic mass is 16.5. The van der Waals surface area contributed by atoms with Crippen molar-refractivity contribution in [2.24, 2.45) is 0 Å². The molecule has 2 heterocycles. The number of aliphatic carboxylic acids is 1. The lowest BCUT2D eigenvalue weighted by molar-refractivity contribution is -0.148. The van der Waals surface area contributed by atoms with Crippen LogP contribution in [-0.4, -0.2) is 59.7 Å². The van der Waals surface area contributed by atoms with E-state index >= 15 is 0 Å². The third-order valence-corrected chi connectivity index (χ3v) is 5.17. The molecule has 152 valence electrons. The number of anilines is 1. The summed E-state index contributed by atoms with van der Waals surface area (Å²) >= 11 is 0. The van der Waals surface area contributed by atoms with Gasteiger partial charge in [-0.15, -0.1) is 0 Å². The monoisotopic (exact) mass is 390 g/mol. The molecule has 2 aliphatic heterocycles. The first-order valence-electron chi connectivity index (χ1n) is 9.60. The molecule has 1 aromatic rings. The summed E-state index contributed by atoms with van der Waals surface area (Å²) in [5.41, 5.74) is 0.948. The summed E-state index contributed by atoms with van der Waals surface area (Å²) in [5.74, 6) is -0.785. The van der Waals surface area contributed by atoms with Crippen LogP contribution in [0.3, 0.4) is 0 Å². The molecular formula is C20H26N2O6. The number of carbonyl (C=O) groups is 3. The number of nitrogens with zero attached hydrogens (tertiary/aromatic N) is 1. The van der Waals surface area contributed by atoms with Crippen molar-refractivity contribution >= 4 is 23.5 Å². The van der Waals surface area contributed by atoms with Gasteiger partial charge in [-0.25, -0.2) is 0 Å². The number of nitrogens with one attached hydrogen (secondary N) is 1. The van der Waals surface area contributed by atoms with Crippen molar-refractivity contribution in [1.29, 1.82) is 0 Å². The average Bonchev–Trinajstić information content (AvgIpc) is 2.65. The van der Waals surface area contributed by atoms with Crippen molar-refractivity contribution in [1.82, 2.24) is 4.90 Å². The summed E-state index contributed by atoms with van der Waals surface area (Å²) in [4.78, 5) is 37.5. The summed E-state index contributed by atoms with van der Waals surface area (Å²) in [6, 6.07) is 4.82. The minimum absolute atomic E-state index is 0.0573. The maximum atomic E-state index is 13.1. The minimum Gasteiger partial charge on any atom is -0.490 e. The van der Waals surface area contributed by atoms with Gasteiger partial charge in [0.05, 0.1) is 24.1 Å². The number of hydrogen-bond acceptors (Lipinski definition) is 5. The molecule has 1 aromatic carbocycles. The second kappa shape index (κ2) is 8.60. The zero-order valence-electron chi connectivity index (χ0n) is 16.1. The van der Waals surface area contributed by atoms with Crippen molar-refractivity contribution in [2.45, 2.75) is 57.3 Å². The number of benzene rings is 1. The van der Waals surface area contributed by atoms with E-state index in [-0.39, 0.29) is 43.1 Å². The third-order valence-electron chi connectivity index (χ3n) is 5.17. The highest BCUT2D eigenvalue weighted by molar-refractivity contribution is 5.99. The molecule has 0 aromatic heterocycles. The number of fused-ring (bicyclic) bond motifs is 2. The van der Waals surface area contributed by atoms with Gasteiger partial charge in [0.1, 0.15) is 18.5 Å². The fourth-order valence-electron chi connectivity index (χ4n) is 3.75. The van der Waals surface area contributed by atoms with Gasteiger partial charge in [-0.3, -0.25) is 14.4 Å². The van der Waals surface area contributed by atoms with Gasteiger partial charge in [-0.2, -0.15) is 0 Å². The minimum atomic E-state index is -0.900. The summed E-state index contributed by atoms with van der Waals surface area (Å²) in [6.07, 6.45) is 1.57. The van der Waals surface area contributed by atoms with Crippen LogP contribution in [0, 0.1) is 0 Å². The maximum Gasteiger partial charge on any atom is 0.305 e. The molecule has 2 amide bonds.